The normalized spacial score (nSPS) is 32.1. The molecule has 0 saturated carbocycles. The topological polar surface area (TPSA) is 108 Å². The van der Waals surface area contributed by atoms with Crippen molar-refractivity contribution in [1.29, 1.82) is 0 Å². The largest absolute Gasteiger partial charge is 0.456 e. The molecule has 0 spiro atoms. The molecule has 0 aromatic carbocycles. The van der Waals surface area contributed by atoms with E-state index in [0.29, 0.717) is 0 Å². The Morgan fingerprint density at radius 3 is 1.81 bits per heavy atom. The van der Waals surface area contributed by atoms with Crippen molar-refractivity contribution >= 4 is 17.9 Å². The third kappa shape index (κ3) is 4.64. The van der Waals surface area contributed by atoms with Gasteiger partial charge in [-0.3, -0.25) is 14.4 Å². The number of esters is 3. The first kappa shape index (κ1) is 17.3. The van der Waals surface area contributed by atoms with Crippen molar-refractivity contribution in [2.24, 2.45) is 0 Å². The number of rotatable bonds is 4. The molecule has 1 aliphatic heterocycles. The van der Waals surface area contributed by atoms with Gasteiger partial charge >= 0.3 is 17.9 Å². The number of ether oxygens (including phenoxy) is 4. The zero-order chi connectivity index (χ0) is 16.2. The first-order chi connectivity index (χ1) is 9.76. The maximum atomic E-state index is 13.0. The number of aliphatic hydroxyl groups is 1. The van der Waals surface area contributed by atoms with Gasteiger partial charge in [-0.1, -0.05) is 0 Å². The summed E-state index contributed by atoms with van der Waals surface area (Å²) in [6.07, 6.45) is -7.21. The highest BCUT2D eigenvalue weighted by molar-refractivity contribution is 5.68. The van der Waals surface area contributed by atoms with Crippen LogP contribution >= 0.6 is 0 Å². The van der Waals surface area contributed by atoms with E-state index in [2.05, 4.69) is 0 Å². The van der Waals surface area contributed by atoms with E-state index in [1.165, 1.54) is 0 Å². The molecule has 1 N–H and O–H groups in total. The molecular weight excluding hydrogens is 291 g/mol. The summed E-state index contributed by atoms with van der Waals surface area (Å²) in [6, 6.07) is 0. The molecule has 1 fully saturated rings. The second kappa shape index (κ2) is 7.32. The Bertz CT molecular complexity index is 412. The van der Waals surface area contributed by atoms with Crippen molar-refractivity contribution in [1.82, 2.24) is 0 Å². The molecule has 0 aliphatic carbocycles. The lowest BCUT2D eigenvalue weighted by molar-refractivity contribution is -0.292. The molecule has 0 amide bonds. The zero-order valence-corrected chi connectivity index (χ0v) is 11.8. The Balaban J connectivity index is 3.08. The van der Waals surface area contributed by atoms with Gasteiger partial charge < -0.3 is 24.1 Å². The molecule has 5 atom stereocenters. The lowest BCUT2D eigenvalue weighted by Gasteiger charge is -2.42. The Labute approximate surface area is 120 Å². The predicted octanol–water partition coefficient (Wildman–Crippen LogP) is -0.532. The lowest BCUT2D eigenvalue weighted by atomic mass is 9.98. The van der Waals surface area contributed by atoms with Gasteiger partial charge in [0.05, 0.1) is 0 Å². The molecule has 8 nitrogen and oxygen atoms in total. The summed E-state index contributed by atoms with van der Waals surface area (Å²) < 4.78 is 32.5. The van der Waals surface area contributed by atoms with Crippen molar-refractivity contribution in [2.45, 2.75) is 51.5 Å². The fraction of sp³-hybridized carbons (Fsp3) is 0.750. The molecule has 9 heteroatoms. The molecular formula is C12H17FO8. The van der Waals surface area contributed by atoms with E-state index in [1.807, 2.05) is 0 Å². The highest BCUT2D eigenvalue weighted by Gasteiger charge is 2.51. The van der Waals surface area contributed by atoms with Gasteiger partial charge in [0.2, 0.25) is 0 Å². The van der Waals surface area contributed by atoms with Crippen molar-refractivity contribution < 1.29 is 42.8 Å². The van der Waals surface area contributed by atoms with Crippen molar-refractivity contribution in [3.63, 3.8) is 0 Å². The highest BCUT2D eigenvalue weighted by atomic mass is 19.1. The van der Waals surface area contributed by atoms with Crippen LogP contribution in [0.4, 0.5) is 4.39 Å². The van der Waals surface area contributed by atoms with Gasteiger partial charge in [-0.2, -0.15) is 0 Å². The number of carbonyl (C=O) groups excluding carboxylic acids is 3. The summed E-state index contributed by atoms with van der Waals surface area (Å²) in [7, 11) is 0. The molecule has 1 rings (SSSR count). The smallest absolute Gasteiger partial charge is 0.303 e. The standard InChI is InChI=1S/C12H17FO8/c1-5(14)18-9-8(4-13)21-12(17)11(20-7(3)16)10(9)19-6(2)15/h8-12,17H,4H2,1-3H3/t8?,9-,10+,11-,12?/m0/s1. The average Bonchev–Trinajstić information content (AvgIpc) is 2.35. The first-order valence-corrected chi connectivity index (χ1v) is 6.17. The number of hydrogen-bond donors (Lipinski definition) is 1. The van der Waals surface area contributed by atoms with Gasteiger partial charge in [-0.15, -0.1) is 0 Å². The third-order valence-corrected chi connectivity index (χ3v) is 2.67. The molecule has 0 aromatic rings. The van der Waals surface area contributed by atoms with Crippen LogP contribution in [0, 0.1) is 0 Å². The fourth-order valence-corrected chi connectivity index (χ4v) is 2.00. The van der Waals surface area contributed by atoms with Gasteiger partial charge in [0.25, 0.3) is 0 Å². The quantitative estimate of drug-likeness (QED) is 0.545. The van der Waals surface area contributed by atoms with Crippen LogP contribution in [0.1, 0.15) is 20.8 Å². The summed E-state index contributed by atoms with van der Waals surface area (Å²) >= 11 is 0. The van der Waals surface area contributed by atoms with E-state index in [-0.39, 0.29) is 0 Å². The Morgan fingerprint density at radius 2 is 1.38 bits per heavy atom. The van der Waals surface area contributed by atoms with E-state index in [4.69, 9.17) is 18.9 Å². The monoisotopic (exact) mass is 308 g/mol. The van der Waals surface area contributed by atoms with Crippen LogP contribution < -0.4 is 0 Å². The summed E-state index contributed by atoms with van der Waals surface area (Å²) in [5, 5.41) is 9.76. The lowest BCUT2D eigenvalue weighted by Crippen LogP contribution is -2.61. The SMILES string of the molecule is CC(=O)O[C@H]1[C@H](OC(C)=O)C(O)OC(CF)[C@@H]1OC(C)=O. The van der Waals surface area contributed by atoms with Crippen LogP contribution in [-0.4, -0.2) is 60.4 Å². The highest BCUT2D eigenvalue weighted by Crippen LogP contribution is 2.28. The van der Waals surface area contributed by atoms with E-state index in [0.717, 1.165) is 20.8 Å². The van der Waals surface area contributed by atoms with E-state index in [1.54, 1.807) is 0 Å². The van der Waals surface area contributed by atoms with Gasteiger partial charge in [0.15, 0.2) is 24.6 Å². The van der Waals surface area contributed by atoms with Crippen LogP contribution in [0.2, 0.25) is 0 Å². The Morgan fingerprint density at radius 1 is 0.952 bits per heavy atom. The maximum Gasteiger partial charge on any atom is 0.303 e. The number of aliphatic hydroxyl groups excluding tert-OH is 1. The summed E-state index contributed by atoms with van der Waals surface area (Å²) in [4.78, 5) is 33.3. The Kier molecular flexibility index (Phi) is 6.03. The molecule has 1 heterocycles. The molecule has 1 saturated heterocycles. The molecule has 2 unspecified atom stereocenters. The summed E-state index contributed by atoms with van der Waals surface area (Å²) in [5.74, 6) is -2.32. The fourth-order valence-electron chi connectivity index (χ4n) is 2.00. The van der Waals surface area contributed by atoms with Gasteiger partial charge in [-0.25, -0.2) is 4.39 Å². The zero-order valence-electron chi connectivity index (χ0n) is 11.8. The van der Waals surface area contributed by atoms with Crippen LogP contribution in [0.5, 0.6) is 0 Å². The average molecular weight is 308 g/mol. The first-order valence-electron chi connectivity index (χ1n) is 6.17. The summed E-state index contributed by atoms with van der Waals surface area (Å²) in [6.45, 7) is 2.12. The second-order valence-corrected chi connectivity index (χ2v) is 4.44. The van der Waals surface area contributed by atoms with Crippen LogP contribution in [0.15, 0.2) is 0 Å². The third-order valence-electron chi connectivity index (χ3n) is 2.67. The van der Waals surface area contributed by atoms with Crippen LogP contribution in [0.25, 0.3) is 0 Å². The van der Waals surface area contributed by atoms with Crippen molar-refractivity contribution in [3.8, 4) is 0 Å². The molecule has 0 radical (unpaired) electrons. The number of carbonyl (C=O) groups is 3. The maximum absolute atomic E-state index is 13.0. The molecule has 0 aromatic heterocycles. The molecule has 0 bridgehead atoms. The Hall–Kier alpha value is -1.74. The predicted molar refractivity (Wildman–Crippen MR) is 63.5 cm³/mol. The van der Waals surface area contributed by atoms with E-state index >= 15 is 0 Å². The van der Waals surface area contributed by atoms with Gasteiger partial charge in [0, 0.05) is 20.8 Å². The van der Waals surface area contributed by atoms with E-state index < -0.39 is 55.3 Å². The molecule has 120 valence electrons. The minimum Gasteiger partial charge on any atom is -0.456 e. The second-order valence-electron chi connectivity index (χ2n) is 4.44. The summed E-state index contributed by atoms with van der Waals surface area (Å²) in [5.41, 5.74) is 0. The van der Waals surface area contributed by atoms with Crippen LogP contribution in [0.3, 0.4) is 0 Å². The molecule has 21 heavy (non-hydrogen) atoms. The van der Waals surface area contributed by atoms with Crippen molar-refractivity contribution in [3.05, 3.63) is 0 Å². The van der Waals surface area contributed by atoms with E-state index in [9.17, 15) is 23.9 Å². The van der Waals surface area contributed by atoms with Crippen LogP contribution in [-0.2, 0) is 33.3 Å². The minimum atomic E-state index is -1.72. The number of halogens is 1. The van der Waals surface area contributed by atoms with Crippen molar-refractivity contribution in [2.75, 3.05) is 6.67 Å². The van der Waals surface area contributed by atoms with Gasteiger partial charge in [0.1, 0.15) is 12.8 Å². The van der Waals surface area contributed by atoms with Gasteiger partial charge in [-0.05, 0) is 0 Å². The number of alkyl halides is 1. The minimum absolute atomic E-state index is 0.767. The number of hydrogen-bond acceptors (Lipinski definition) is 8. The molecule has 1 aliphatic rings.